The number of likely N-dealkylation sites (tertiary alicyclic amines) is 1. The molecule has 1 aliphatic rings. The monoisotopic (exact) mass is 330 g/mol. The highest BCUT2D eigenvalue weighted by Gasteiger charge is 2.37. The lowest BCUT2D eigenvalue weighted by molar-refractivity contribution is -0.130. The van der Waals surface area contributed by atoms with Gasteiger partial charge in [-0.15, -0.1) is 0 Å². The Bertz CT molecular complexity index is 674. The maximum atomic E-state index is 12.6. The number of carbonyl (C=O) groups is 1. The van der Waals surface area contributed by atoms with E-state index in [1.165, 1.54) is 0 Å². The van der Waals surface area contributed by atoms with Gasteiger partial charge in [-0.1, -0.05) is 18.2 Å². The number of rotatable bonds is 6. The van der Waals surface area contributed by atoms with E-state index in [-0.39, 0.29) is 17.9 Å². The summed E-state index contributed by atoms with van der Waals surface area (Å²) >= 11 is 0. The Morgan fingerprint density at radius 2 is 2.17 bits per heavy atom. The van der Waals surface area contributed by atoms with Crippen molar-refractivity contribution < 1.29 is 14.3 Å². The first-order valence-electron chi connectivity index (χ1n) is 8.01. The van der Waals surface area contributed by atoms with Crippen molar-refractivity contribution in [2.45, 2.75) is 24.9 Å². The number of nitrogens with one attached hydrogen (secondary N) is 1. The smallest absolute Gasteiger partial charge is 0.223 e. The van der Waals surface area contributed by atoms with Gasteiger partial charge >= 0.3 is 0 Å². The van der Waals surface area contributed by atoms with E-state index in [2.05, 4.69) is 15.4 Å². The molecule has 0 bridgehead atoms. The Morgan fingerprint density at radius 3 is 2.88 bits per heavy atom. The molecule has 0 radical (unpaired) electrons. The molecule has 1 saturated heterocycles. The number of hydrogen-bond donors (Lipinski definition) is 1. The Balaban J connectivity index is 1.61. The van der Waals surface area contributed by atoms with Crippen molar-refractivity contribution in [1.29, 1.82) is 0 Å². The summed E-state index contributed by atoms with van der Waals surface area (Å²) in [7, 11) is 3.31. The maximum Gasteiger partial charge on any atom is 0.223 e. The summed E-state index contributed by atoms with van der Waals surface area (Å²) in [6.45, 7) is 1.19. The van der Waals surface area contributed by atoms with Crippen LogP contribution in [0.3, 0.4) is 0 Å². The molecule has 1 aliphatic heterocycles. The van der Waals surface area contributed by atoms with Crippen molar-refractivity contribution in [1.82, 2.24) is 20.3 Å². The molecule has 1 amide bonds. The van der Waals surface area contributed by atoms with Gasteiger partial charge in [0.2, 0.25) is 5.91 Å². The third kappa shape index (κ3) is 3.41. The highest BCUT2D eigenvalue weighted by molar-refractivity contribution is 5.77. The average Bonchev–Trinajstić information content (AvgIpc) is 3.28. The van der Waals surface area contributed by atoms with Crippen LogP contribution in [-0.4, -0.2) is 59.6 Å². The number of amides is 1. The van der Waals surface area contributed by atoms with Crippen molar-refractivity contribution in [3.63, 3.8) is 0 Å². The van der Waals surface area contributed by atoms with Crippen LogP contribution in [0.5, 0.6) is 5.75 Å². The number of ether oxygens (including phenoxy) is 2. The highest BCUT2D eigenvalue weighted by Crippen LogP contribution is 2.28. The van der Waals surface area contributed by atoms with Crippen molar-refractivity contribution in [2.75, 3.05) is 27.3 Å². The number of H-pyrrole nitrogens is 1. The highest BCUT2D eigenvalue weighted by atomic mass is 16.5. The molecule has 1 fully saturated rings. The molecule has 7 nitrogen and oxygen atoms in total. The van der Waals surface area contributed by atoms with Crippen LogP contribution in [0.4, 0.5) is 0 Å². The van der Waals surface area contributed by atoms with Crippen LogP contribution in [0.1, 0.15) is 23.6 Å². The third-order valence-electron chi connectivity index (χ3n) is 4.54. The van der Waals surface area contributed by atoms with Crippen LogP contribution in [0.25, 0.3) is 0 Å². The Morgan fingerprint density at radius 1 is 1.33 bits per heavy atom. The predicted molar refractivity (Wildman–Crippen MR) is 87.8 cm³/mol. The summed E-state index contributed by atoms with van der Waals surface area (Å²) in [4.78, 5) is 14.4. The molecule has 0 saturated carbocycles. The van der Waals surface area contributed by atoms with Crippen LogP contribution >= 0.6 is 0 Å². The van der Waals surface area contributed by atoms with E-state index in [1.54, 1.807) is 20.4 Å². The molecule has 2 aromatic rings. The summed E-state index contributed by atoms with van der Waals surface area (Å²) in [5.41, 5.74) is 1.88. The standard InChI is InChI=1S/C17H22N4O3/c1-23-15-6-4-3-5-12(15)7-8-17(22)21-10-13(16(11-21)24-2)14-9-18-20-19-14/h3-6,9,13,16H,7-8,10-11H2,1-2H3,(H,18,19,20)/t13-,16+/m0/s1. The van der Waals surface area contributed by atoms with E-state index in [9.17, 15) is 4.79 Å². The first-order valence-corrected chi connectivity index (χ1v) is 8.01. The van der Waals surface area contributed by atoms with Gasteiger partial charge in [0.25, 0.3) is 0 Å². The third-order valence-corrected chi connectivity index (χ3v) is 4.54. The van der Waals surface area contributed by atoms with E-state index in [4.69, 9.17) is 9.47 Å². The number of aryl methyl sites for hydroxylation is 1. The number of para-hydroxylation sites is 1. The van der Waals surface area contributed by atoms with Crippen LogP contribution < -0.4 is 4.74 Å². The Kier molecular flexibility index (Phi) is 5.10. The number of hydrogen-bond acceptors (Lipinski definition) is 5. The van der Waals surface area contributed by atoms with E-state index >= 15 is 0 Å². The fourth-order valence-corrected chi connectivity index (χ4v) is 3.20. The lowest BCUT2D eigenvalue weighted by Gasteiger charge is -2.16. The van der Waals surface area contributed by atoms with Crippen molar-refractivity contribution >= 4 is 5.91 Å². The summed E-state index contributed by atoms with van der Waals surface area (Å²) in [5.74, 6) is 1.000. The maximum absolute atomic E-state index is 12.6. The Labute approximate surface area is 141 Å². The molecular formula is C17H22N4O3. The fraction of sp³-hybridized carbons (Fsp3) is 0.471. The van der Waals surface area contributed by atoms with Gasteiger partial charge in [0.1, 0.15) is 5.75 Å². The largest absolute Gasteiger partial charge is 0.496 e. The van der Waals surface area contributed by atoms with Gasteiger partial charge < -0.3 is 14.4 Å². The summed E-state index contributed by atoms with van der Waals surface area (Å²) in [6.07, 6.45) is 2.75. The number of benzene rings is 1. The predicted octanol–water partition coefficient (Wildman–Crippen LogP) is 1.39. The number of nitrogens with zero attached hydrogens (tertiary/aromatic N) is 3. The first kappa shape index (κ1) is 16.4. The molecule has 128 valence electrons. The van der Waals surface area contributed by atoms with E-state index in [0.29, 0.717) is 25.9 Å². The SMILES string of the molecule is COc1ccccc1CCC(=O)N1C[C@@H](OC)[C@H](c2cn[nH]n2)C1. The lowest BCUT2D eigenvalue weighted by Crippen LogP contribution is -2.30. The van der Waals surface area contributed by atoms with E-state index in [0.717, 1.165) is 17.0 Å². The van der Waals surface area contributed by atoms with Gasteiger partial charge in [0.05, 0.1) is 31.0 Å². The zero-order valence-corrected chi connectivity index (χ0v) is 13.9. The van der Waals surface area contributed by atoms with Crippen molar-refractivity contribution in [3.8, 4) is 5.75 Å². The summed E-state index contributed by atoms with van der Waals surface area (Å²) in [5, 5.41) is 10.6. The van der Waals surface area contributed by atoms with E-state index < -0.39 is 0 Å². The summed E-state index contributed by atoms with van der Waals surface area (Å²) < 4.78 is 10.9. The Hall–Kier alpha value is -2.41. The minimum atomic E-state index is -0.0506. The molecule has 0 unspecified atom stereocenters. The fourth-order valence-electron chi connectivity index (χ4n) is 3.20. The molecule has 1 aromatic carbocycles. The summed E-state index contributed by atoms with van der Waals surface area (Å²) in [6, 6.07) is 7.79. The molecule has 7 heteroatoms. The van der Waals surface area contributed by atoms with Gasteiger partial charge in [0, 0.05) is 26.6 Å². The zero-order valence-electron chi connectivity index (χ0n) is 13.9. The molecule has 0 spiro atoms. The molecule has 2 heterocycles. The molecule has 1 aromatic heterocycles. The number of aromatic amines is 1. The van der Waals surface area contributed by atoms with Crippen LogP contribution in [0, 0.1) is 0 Å². The van der Waals surface area contributed by atoms with Crippen LogP contribution in [-0.2, 0) is 16.0 Å². The number of carbonyl (C=O) groups excluding carboxylic acids is 1. The molecule has 3 rings (SSSR count). The second kappa shape index (κ2) is 7.44. The second-order valence-electron chi connectivity index (χ2n) is 5.89. The number of methoxy groups -OCH3 is 2. The van der Waals surface area contributed by atoms with Gasteiger partial charge in [-0.3, -0.25) is 4.79 Å². The molecule has 1 N–H and O–H groups in total. The minimum Gasteiger partial charge on any atom is -0.496 e. The van der Waals surface area contributed by atoms with Gasteiger partial charge in [-0.2, -0.15) is 15.4 Å². The van der Waals surface area contributed by atoms with Crippen LogP contribution in [0.15, 0.2) is 30.5 Å². The molecule has 0 aliphatic carbocycles. The zero-order chi connectivity index (χ0) is 16.9. The normalized spacial score (nSPS) is 20.3. The van der Waals surface area contributed by atoms with Crippen molar-refractivity contribution in [3.05, 3.63) is 41.7 Å². The second-order valence-corrected chi connectivity index (χ2v) is 5.89. The van der Waals surface area contributed by atoms with Crippen molar-refractivity contribution in [2.24, 2.45) is 0 Å². The number of aromatic nitrogens is 3. The molecule has 2 atom stereocenters. The molecule has 24 heavy (non-hydrogen) atoms. The topological polar surface area (TPSA) is 80.3 Å². The van der Waals surface area contributed by atoms with Crippen LogP contribution in [0.2, 0.25) is 0 Å². The first-order chi connectivity index (χ1) is 11.7. The quantitative estimate of drug-likeness (QED) is 0.866. The lowest BCUT2D eigenvalue weighted by atomic mass is 10.0. The van der Waals surface area contributed by atoms with Gasteiger partial charge in [0.15, 0.2) is 0 Å². The van der Waals surface area contributed by atoms with Gasteiger partial charge in [-0.25, -0.2) is 0 Å². The molecular weight excluding hydrogens is 308 g/mol. The van der Waals surface area contributed by atoms with E-state index in [1.807, 2.05) is 29.2 Å². The van der Waals surface area contributed by atoms with Gasteiger partial charge in [-0.05, 0) is 18.1 Å². The minimum absolute atomic E-state index is 0.0506. The average molecular weight is 330 g/mol.